The van der Waals surface area contributed by atoms with E-state index in [1.807, 2.05) is 31.2 Å². The molecule has 0 saturated carbocycles. The summed E-state index contributed by atoms with van der Waals surface area (Å²) in [4.78, 5) is 22.0. The van der Waals surface area contributed by atoms with E-state index in [4.69, 9.17) is 33.2 Å². The highest BCUT2D eigenvalue weighted by Crippen LogP contribution is 2.30. The second kappa shape index (κ2) is 8.99. The Hall–Kier alpha value is -1.34. The van der Waals surface area contributed by atoms with Crippen molar-refractivity contribution in [3.63, 3.8) is 0 Å². The Morgan fingerprint density at radius 1 is 1.14 bits per heavy atom. The summed E-state index contributed by atoms with van der Waals surface area (Å²) in [5, 5.41) is 4.53. The van der Waals surface area contributed by atoms with Crippen LogP contribution < -0.4 is 5.32 Å². The van der Waals surface area contributed by atoms with Crippen LogP contribution in [0.15, 0.2) is 56.9 Å². The molecular weight excluding hydrogens is 481 g/mol. The van der Waals surface area contributed by atoms with Crippen molar-refractivity contribution in [3.05, 3.63) is 62.5 Å². The highest BCUT2D eigenvalue weighted by molar-refractivity contribution is 9.10. The summed E-state index contributed by atoms with van der Waals surface area (Å²) in [6, 6.07) is 12.9. The molecule has 0 aliphatic carbocycles. The van der Waals surface area contributed by atoms with Gasteiger partial charge >= 0.3 is 0 Å². The van der Waals surface area contributed by atoms with Gasteiger partial charge in [-0.3, -0.25) is 9.79 Å². The van der Waals surface area contributed by atoms with Gasteiger partial charge < -0.3 is 5.32 Å². The monoisotopic (exact) mass is 497 g/mol. The van der Waals surface area contributed by atoms with Gasteiger partial charge in [-0.2, -0.15) is 0 Å². The number of aliphatic imine (C=N–C) groups is 2. The highest BCUT2D eigenvalue weighted by atomic mass is 79.9. The quantitative estimate of drug-likeness (QED) is 0.514. The minimum Gasteiger partial charge on any atom is -0.325 e. The third kappa shape index (κ3) is 5.38. The number of nitrogens with zero attached hydrogens (tertiary/aromatic N) is 2. The summed E-state index contributed by atoms with van der Waals surface area (Å²) < 4.78 is 0.999. The Balaban J connectivity index is 1.72. The molecule has 1 atom stereocenters. The predicted molar refractivity (Wildman–Crippen MR) is 124 cm³/mol. The molecular formula is C20H18BrCl2N3OS. The van der Waals surface area contributed by atoms with E-state index in [0.717, 1.165) is 27.2 Å². The summed E-state index contributed by atoms with van der Waals surface area (Å²) in [7, 11) is 0. The first-order chi connectivity index (χ1) is 13.3. The number of amides is 1. The minimum atomic E-state index is -0.498. The van der Waals surface area contributed by atoms with Crippen molar-refractivity contribution in [3.8, 4) is 0 Å². The number of rotatable bonds is 5. The van der Waals surface area contributed by atoms with Crippen molar-refractivity contribution in [2.75, 3.05) is 11.1 Å². The van der Waals surface area contributed by atoms with Crippen LogP contribution >= 0.6 is 50.9 Å². The first-order valence-corrected chi connectivity index (χ1v) is 11.2. The van der Waals surface area contributed by atoms with Gasteiger partial charge in [0, 0.05) is 25.8 Å². The Kier molecular flexibility index (Phi) is 6.86. The fourth-order valence-electron chi connectivity index (χ4n) is 2.60. The van der Waals surface area contributed by atoms with Crippen LogP contribution in [0.1, 0.15) is 25.8 Å². The van der Waals surface area contributed by atoms with E-state index in [-0.39, 0.29) is 11.7 Å². The second-order valence-corrected chi connectivity index (χ2v) is 9.20. The average molecular weight is 499 g/mol. The number of anilines is 1. The summed E-state index contributed by atoms with van der Waals surface area (Å²) >= 11 is 16.8. The normalized spacial score (nSPS) is 18.6. The Bertz CT molecular complexity index is 942. The number of thioether (sulfide) groups is 1. The van der Waals surface area contributed by atoms with E-state index < -0.39 is 5.66 Å². The number of benzene rings is 2. The Morgan fingerprint density at radius 2 is 1.79 bits per heavy atom. The number of carbonyl (C=O) groups excluding carboxylic acids is 1. The Labute approximate surface area is 187 Å². The fraction of sp³-hybridized carbons (Fsp3) is 0.250. The maximum atomic E-state index is 12.4. The summed E-state index contributed by atoms with van der Waals surface area (Å²) in [6.45, 7) is 4.04. The van der Waals surface area contributed by atoms with E-state index >= 15 is 0 Å². The maximum Gasteiger partial charge on any atom is 0.234 e. The van der Waals surface area contributed by atoms with Gasteiger partial charge in [-0.15, -0.1) is 0 Å². The number of hydrogen-bond donors (Lipinski definition) is 1. The lowest BCUT2D eigenvalue weighted by molar-refractivity contribution is -0.113. The van der Waals surface area contributed by atoms with Crippen LogP contribution in [0.5, 0.6) is 0 Å². The molecule has 2 aromatic carbocycles. The SMILES string of the molecule is CC[C@]1(C)N=C(SCC(=O)Nc2cc(Cl)cc(Cl)c2)C(c2ccc(Br)cc2)=N1. The first-order valence-electron chi connectivity index (χ1n) is 8.63. The van der Waals surface area contributed by atoms with Crippen LogP contribution in [0.4, 0.5) is 5.69 Å². The van der Waals surface area contributed by atoms with E-state index in [9.17, 15) is 4.79 Å². The van der Waals surface area contributed by atoms with Crippen LogP contribution in [-0.2, 0) is 4.79 Å². The van der Waals surface area contributed by atoms with Gasteiger partial charge in [-0.1, -0.05) is 70.0 Å². The predicted octanol–water partition coefficient (Wildman–Crippen LogP) is 6.46. The standard InChI is InChI=1S/C20H18BrCl2N3OS/c1-3-20(2)25-18(12-4-6-13(21)7-5-12)19(26-20)28-11-17(27)24-16-9-14(22)8-15(23)10-16/h4-10H,3,11H2,1-2H3,(H,24,27)/t20-/m0/s1. The summed E-state index contributed by atoms with van der Waals surface area (Å²) in [6.07, 6.45) is 0.782. The molecule has 8 heteroatoms. The maximum absolute atomic E-state index is 12.4. The number of halogens is 3. The molecule has 0 spiro atoms. The van der Waals surface area contributed by atoms with Crippen molar-refractivity contribution in [2.24, 2.45) is 9.98 Å². The topological polar surface area (TPSA) is 53.8 Å². The molecule has 4 nitrogen and oxygen atoms in total. The fourth-order valence-corrected chi connectivity index (χ4v) is 4.29. The molecule has 2 aromatic rings. The van der Waals surface area contributed by atoms with Crippen LogP contribution in [0.25, 0.3) is 0 Å². The lowest BCUT2D eigenvalue weighted by atomic mass is 10.1. The molecule has 0 radical (unpaired) electrons. The van der Waals surface area contributed by atoms with Crippen molar-refractivity contribution < 1.29 is 4.79 Å². The molecule has 1 heterocycles. The molecule has 0 saturated heterocycles. The van der Waals surface area contributed by atoms with Crippen molar-refractivity contribution in [1.82, 2.24) is 0 Å². The molecule has 0 unspecified atom stereocenters. The van der Waals surface area contributed by atoms with E-state index in [1.165, 1.54) is 11.8 Å². The number of carbonyl (C=O) groups is 1. The first kappa shape index (κ1) is 21.4. The van der Waals surface area contributed by atoms with Crippen LogP contribution in [0.3, 0.4) is 0 Å². The highest BCUT2D eigenvalue weighted by Gasteiger charge is 2.31. The molecule has 1 aliphatic heterocycles. The van der Waals surface area contributed by atoms with Gasteiger partial charge in [0.1, 0.15) is 10.7 Å². The summed E-state index contributed by atoms with van der Waals surface area (Å²) in [5.74, 6) is 0.0458. The van der Waals surface area contributed by atoms with Gasteiger partial charge in [0.2, 0.25) is 5.91 Å². The molecule has 0 bridgehead atoms. The van der Waals surface area contributed by atoms with Crippen molar-refractivity contribution in [1.29, 1.82) is 0 Å². The molecule has 0 fully saturated rings. The third-order valence-electron chi connectivity index (χ3n) is 4.17. The van der Waals surface area contributed by atoms with E-state index in [0.29, 0.717) is 15.7 Å². The number of nitrogens with one attached hydrogen (secondary N) is 1. The molecule has 3 rings (SSSR count). The lowest BCUT2D eigenvalue weighted by Gasteiger charge is -2.13. The van der Waals surface area contributed by atoms with Gasteiger partial charge in [-0.05, 0) is 43.7 Å². The largest absolute Gasteiger partial charge is 0.325 e. The Morgan fingerprint density at radius 3 is 2.39 bits per heavy atom. The average Bonchev–Trinajstić information content (AvgIpc) is 2.97. The zero-order chi connectivity index (χ0) is 20.3. The zero-order valence-electron chi connectivity index (χ0n) is 15.3. The van der Waals surface area contributed by atoms with Crippen LogP contribution in [-0.4, -0.2) is 28.1 Å². The second-order valence-electron chi connectivity index (χ2n) is 6.45. The molecule has 0 aromatic heterocycles. The van der Waals surface area contributed by atoms with Crippen molar-refractivity contribution in [2.45, 2.75) is 25.9 Å². The lowest BCUT2D eigenvalue weighted by Crippen LogP contribution is -2.17. The molecule has 1 amide bonds. The van der Waals surface area contributed by atoms with Crippen LogP contribution in [0, 0.1) is 0 Å². The minimum absolute atomic E-state index is 0.161. The molecule has 146 valence electrons. The number of hydrogen-bond acceptors (Lipinski definition) is 4. The third-order valence-corrected chi connectivity index (χ3v) is 6.10. The summed E-state index contributed by atoms with van der Waals surface area (Å²) in [5.41, 5.74) is 1.87. The van der Waals surface area contributed by atoms with Gasteiger partial charge in [0.05, 0.1) is 11.5 Å². The van der Waals surface area contributed by atoms with Crippen LogP contribution in [0.2, 0.25) is 10.0 Å². The van der Waals surface area contributed by atoms with Gasteiger partial charge in [-0.25, -0.2) is 4.99 Å². The molecule has 28 heavy (non-hydrogen) atoms. The van der Waals surface area contributed by atoms with E-state index in [2.05, 4.69) is 28.2 Å². The van der Waals surface area contributed by atoms with Gasteiger partial charge in [0.15, 0.2) is 0 Å². The van der Waals surface area contributed by atoms with Gasteiger partial charge in [0.25, 0.3) is 0 Å². The van der Waals surface area contributed by atoms with E-state index in [1.54, 1.807) is 18.2 Å². The zero-order valence-corrected chi connectivity index (χ0v) is 19.2. The smallest absolute Gasteiger partial charge is 0.234 e. The molecule has 1 N–H and O–H groups in total. The molecule has 1 aliphatic rings. The van der Waals surface area contributed by atoms with Crippen molar-refractivity contribution >= 4 is 73.2 Å².